The van der Waals surface area contributed by atoms with Gasteiger partial charge < -0.3 is 10.6 Å². The molecule has 1 saturated carbocycles. The fourth-order valence-corrected chi connectivity index (χ4v) is 2.22. The number of nitrogens with zero attached hydrogens (tertiary/aromatic N) is 2. The van der Waals surface area contributed by atoms with Gasteiger partial charge in [0.1, 0.15) is 5.82 Å². The van der Waals surface area contributed by atoms with E-state index in [-0.39, 0.29) is 0 Å². The van der Waals surface area contributed by atoms with Crippen LogP contribution in [0.3, 0.4) is 0 Å². The maximum Gasteiger partial charge on any atom is 0.131 e. The molecule has 0 amide bonds. The first-order chi connectivity index (χ1) is 7.72. The lowest BCUT2D eigenvalue weighted by molar-refractivity contribution is 0.716. The largest absolute Gasteiger partial charge is 0.359 e. The van der Waals surface area contributed by atoms with E-state index in [1.54, 1.807) is 0 Å². The number of aromatic nitrogens is 1. The summed E-state index contributed by atoms with van der Waals surface area (Å²) < 4.78 is 0. The van der Waals surface area contributed by atoms with Gasteiger partial charge in [0.25, 0.3) is 0 Å². The van der Waals surface area contributed by atoms with Crippen LogP contribution in [0.2, 0.25) is 0 Å². The zero-order chi connectivity index (χ0) is 11.5. The highest BCUT2D eigenvalue weighted by Gasteiger charge is 2.33. The quantitative estimate of drug-likeness (QED) is 0.819. The first-order valence-corrected chi connectivity index (χ1v) is 6.07. The molecule has 0 aliphatic heterocycles. The highest BCUT2D eigenvalue weighted by atomic mass is 15.2. The number of nitrogens with two attached hydrogens (primary N) is 1. The molecule has 1 fully saturated rings. The smallest absolute Gasteiger partial charge is 0.131 e. The van der Waals surface area contributed by atoms with Gasteiger partial charge in [-0.15, -0.1) is 0 Å². The molecule has 0 spiro atoms. The van der Waals surface area contributed by atoms with Gasteiger partial charge >= 0.3 is 0 Å². The summed E-state index contributed by atoms with van der Waals surface area (Å²) in [5.74, 6) is 2.86. The number of rotatable bonds is 5. The Balaban J connectivity index is 2.05. The lowest BCUT2D eigenvalue weighted by atomic mass is 10.1. The van der Waals surface area contributed by atoms with Crippen LogP contribution in [0.4, 0.5) is 5.82 Å². The molecule has 2 atom stereocenters. The van der Waals surface area contributed by atoms with Crippen LogP contribution in [0.1, 0.15) is 18.9 Å². The van der Waals surface area contributed by atoms with E-state index in [4.69, 9.17) is 5.73 Å². The van der Waals surface area contributed by atoms with Gasteiger partial charge in [0, 0.05) is 19.8 Å². The predicted molar refractivity (Wildman–Crippen MR) is 67.5 cm³/mol. The molecule has 0 saturated heterocycles. The van der Waals surface area contributed by atoms with Crippen molar-refractivity contribution in [2.45, 2.75) is 19.8 Å². The van der Waals surface area contributed by atoms with Gasteiger partial charge in [-0.1, -0.05) is 13.0 Å². The molecule has 88 valence electrons. The van der Waals surface area contributed by atoms with Crippen LogP contribution in [-0.2, 0) is 6.42 Å². The summed E-state index contributed by atoms with van der Waals surface area (Å²) in [6, 6.07) is 4.12. The van der Waals surface area contributed by atoms with Crippen molar-refractivity contribution in [1.82, 2.24) is 4.98 Å². The molecule has 2 N–H and O–H groups in total. The summed E-state index contributed by atoms with van der Waals surface area (Å²) >= 11 is 0. The van der Waals surface area contributed by atoms with Crippen molar-refractivity contribution in [3.63, 3.8) is 0 Å². The Bertz CT molecular complexity index is 351. The van der Waals surface area contributed by atoms with Gasteiger partial charge in [-0.05, 0) is 42.9 Å². The van der Waals surface area contributed by atoms with Gasteiger partial charge in [0.2, 0.25) is 0 Å². The van der Waals surface area contributed by atoms with Crippen molar-refractivity contribution in [3.8, 4) is 0 Å². The minimum Gasteiger partial charge on any atom is -0.359 e. The molecular formula is C13H21N3. The van der Waals surface area contributed by atoms with Crippen molar-refractivity contribution in [1.29, 1.82) is 0 Å². The molecule has 2 unspecified atom stereocenters. The Morgan fingerprint density at radius 2 is 2.31 bits per heavy atom. The van der Waals surface area contributed by atoms with Crippen molar-refractivity contribution in [3.05, 3.63) is 23.9 Å². The summed E-state index contributed by atoms with van der Waals surface area (Å²) in [6.45, 7) is 4.12. The third kappa shape index (κ3) is 2.53. The first kappa shape index (κ1) is 11.4. The maximum atomic E-state index is 5.62. The Kier molecular flexibility index (Phi) is 3.44. The summed E-state index contributed by atoms with van der Waals surface area (Å²) in [5.41, 5.74) is 6.88. The van der Waals surface area contributed by atoms with Crippen molar-refractivity contribution >= 4 is 5.82 Å². The van der Waals surface area contributed by atoms with Crippen LogP contribution < -0.4 is 10.6 Å². The molecule has 0 bridgehead atoms. The van der Waals surface area contributed by atoms with Crippen LogP contribution in [0.15, 0.2) is 18.3 Å². The molecule has 1 aromatic rings. The SMILES string of the molecule is CC1CC1CN(C)c1ncccc1CCN. The highest BCUT2D eigenvalue weighted by Crippen LogP contribution is 2.38. The zero-order valence-corrected chi connectivity index (χ0v) is 10.2. The fourth-order valence-electron chi connectivity index (χ4n) is 2.22. The van der Waals surface area contributed by atoms with Crippen LogP contribution in [0.5, 0.6) is 0 Å². The molecule has 2 rings (SSSR count). The van der Waals surface area contributed by atoms with E-state index >= 15 is 0 Å². The average molecular weight is 219 g/mol. The van der Waals surface area contributed by atoms with Gasteiger partial charge in [-0.25, -0.2) is 4.98 Å². The fraction of sp³-hybridized carbons (Fsp3) is 0.615. The first-order valence-electron chi connectivity index (χ1n) is 6.07. The van der Waals surface area contributed by atoms with Crippen LogP contribution in [0.25, 0.3) is 0 Å². The second-order valence-electron chi connectivity index (χ2n) is 4.88. The standard InChI is InChI=1S/C13H21N3/c1-10-8-12(10)9-16(2)13-11(5-6-14)4-3-7-15-13/h3-4,7,10,12H,5-6,8-9,14H2,1-2H3. The van der Waals surface area contributed by atoms with Crippen molar-refractivity contribution in [2.24, 2.45) is 17.6 Å². The predicted octanol–water partition coefficient (Wildman–Crippen LogP) is 1.67. The number of pyridine rings is 1. The molecular weight excluding hydrogens is 198 g/mol. The van der Waals surface area contributed by atoms with Crippen LogP contribution >= 0.6 is 0 Å². The topological polar surface area (TPSA) is 42.2 Å². The van der Waals surface area contributed by atoms with Crippen LogP contribution in [-0.4, -0.2) is 25.1 Å². The van der Waals surface area contributed by atoms with Gasteiger partial charge in [0.15, 0.2) is 0 Å². The minimum atomic E-state index is 0.687. The molecule has 1 aromatic heterocycles. The Morgan fingerprint density at radius 1 is 1.56 bits per heavy atom. The molecule has 16 heavy (non-hydrogen) atoms. The molecule has 3 nitrogen and oxygen atoms in total. The van der Waals surface area contributed by atoms with Crippen molar-refractivity contribution < 1.29 is 0 Å². The number of anilines is 1. The third-order valence-corrected chi connectivity index (χ3v) is 3.43. The average Bonchev–Trinajstić information content (AvgIpc) is 2.95. The van der Waals surface area contributed by atoms with Gasteiger partial charge in [-0.3, -0.25) is 0 Å². The zero-order valence-electron chi connectivity index (χ0n) is 10.2. The molecule has 1 heterocycles. The highest BCUT2D eigenvalue weighted by molar-refractivity contribution is 5.46. The molecule has 0 radical (unpaired) electrons. The summed E-state index contributed by atoms with van der Waals surface area (Å²) in [7, 11) is 2.13. The van der Waals surface area contributed by atoms with Crippen molar-refractivity contribution in [2.75, 3.05) is 25.0 Å². The minimum absolute atomic E-state index is 0.687. The molecule has 1 aliphatic rings. The lowest BCUT2D eigenvalue weighted by Crippen LogP contribution is -2.23. The summed E-state index contributed by atoms with van der Waals surface area (Å²) in [6.07, 6.45) is 4.14. The normalized spacial score (nSPS) is 23.2. The van der Waals surface area contributed by atoms with Gasteiger partial charge in [-0.2, -0.15) is 0 Å². The van der Waals surface area contributed by atoms with Gasteiger partial charge in [0.05, 0.1) is 0 Å². The second kappa shape index (κ2) is 4.83. The Labute approximate surface area is 97.7 Å². The third-order valence-electron chi connectivity index (χ3n) is 3.43. The Morgan fingerprint density at radius 3 is 2.94 bits per heavy atom. The monoisotopic (exact) mass is 219 g/mol. The number of hydrogen-bond donors (Lipinski definition) is 1. The molecule has 0 aromatic carbocycles. The van der Waals surface area contributed by atoms with E-state index < -0.39 is 0 Å². The lowest BCUT2D eigenvalue weighted by Gasteiger charge is -2.21. The van der Waals surface area contributed by atoms with E-state index in [0.717, 1.165) is 30.6 Å². The Hall–Kier alpha value is -1.09. The van der Waals surface area contributed by atoms with E-state index in [9.17, 15) is 0 Å². The van der Waals surface area contributed by atoms with E-state index in [0.29, 0.717) is 6.54 Å². The van der Waals surface area contributed by atoms with E-state index in [1.807, 2.05) is 12.3 Å². The summed E-state index contributed by atoms with van der Waals surface area (Å²) in [4.78, 5) is 6.75. The second-order valence-corrected chi connectivity index (χ2v) is 4.88. The number of hydrogen-bond acceptors (Lipinski definition) is 3. The van der Waals surface area contributed by atoms with E-state index in [1.165, 1.54) is 12.0 Å². The maximum absolute atomic E-state index is 5.62. The molecule has 3 heteroatoms. The molecule has 1 aliphatic carbocycles. The summed E-state index contributed by atoms with van der Waals surface area (Å²) in [5, 5.41) is 0. The van der Waals surface area contributed by atoms with Crippen LogP contribution in [0, 0.1) is 11.8 Å². The van der Waals surface area contributed by atoms with E-state index in [2.05, 4.69) is 29.9 Å².